The lowest BCUT2D eigenvalue weighted by molar-refractivity contribution is -0.385. The predicted octanol–water partition coefficient (Wildman–Crippen LogP) is 1.44. The van der Waals surface area contributed by atoms with Crippen molar-refractivity contribution in [3.8, 4) is 11.8 Å². The minimum atomic E-state index is -0.566. The SMILES string of the molecule is CC(CN)COc1ccc(C#N)cc1[N+](=O)[O-]. The maximum absolute atomic E-state index is 10.8. The van der Waals surface area contributed by atoms with E-state index in [1.807, 2.05) is 13.0 Å². The number of hydrogen-bond acceptors (Lipinski definition) is 5. The van der Waals surface area contributed by atoms with Crippen LogP contribution in [0.1, 0.15) is 12.5 Å². The molecule has 0 aliphatic carbocycles. The standard InChI is InChI=1S/C11H13N3O3/c1-8(5-12)7-17-11-3-2-9(6-13)4-10(11)14(15)16/h2-4,8H,5,7,12H2,1H3. The lowest BCUT2D eigenvalue weighted by atomic mass is 10.2. The largest absolute Gasteiger partial charge is 0.486 e. The molecule has 0 radical (unpaired) electrons. The highest BCUT2D eigenvalue weighted by Crippen LogP contribution is 2.28. The van der Waals surface area contributed by atoms with E-state index in [1.54, 1.807) is 0 Å². The lowest BCUT2D eigenvalue weighted by Gasteiger charge is -2.10. The summed E-state index contributed by atoms with van der Waals surface area (Å²) in [6.07, 6.45) is 0. The van der Waals surface area contributed by atoms with E-state index in [1.165, 1.54) is 18.2 Å². The maximum atomic E-state index is 10.8. The molecule has 1 unspecified atom stereocenters. The second kappa shape index (κ2) is 5.82. The molecule has 0 saturated carbocycles. The van der Waals surface area contributed by atoms with Gasteiger partial charge in [0.15, 0.2) is 5.75 Å². The number of nitrogens with zero attached hydrogens (tertiary/aromatic N) is 2. The number of nitriles is 1. The minimum Gasteiger partial charge on any atom is -0.486 e. The molecule has 0 fully saturated rings. The molecule has 0 bridgehead atoms. The number of benzene rings is 1. The Morgan fingerprint density at radius 2 is 2.35 bits per heavy atom. The topological polar surface area (TPSA) is 102 Å². The second-order valence-corrected chi connectivity index (χ2v) is 3.70. The minimum absolute atomic E-state index is 0.116. The van der Waals surface area contributed by atoms with Crippen molar-refractivity contribution in [1.82, 2.24) is 0 Å². The number of rotatable bonds is 5. The van der Waals surface area contributed by atoms with Gasteiger partial charge in [-0.2, -0.15) is 5.26 Å². The molecule has 0 saturated heterocycles. The van der Waals surface area contributed by atoms with Gasteiger partial charge in [0.25, 0.3) is 0 Å². The molecule has 17 heavy (non-hydrogen) atoms. The average molecular weight is 235 g/mol. The van der Waals surface area contributed by atoms with Crippen LogP contribution in [0.5, 0.6) is 5.75 Å². The van der Waals surface area contributed by atoms with E-state index in [0.717, 1.165) is 0 Å². The van der Waals surface area contributed by atoms with E-state index in [-0.39, 0.29) is 22.9 Å². The third kappa shape index (κ3) is 3.43. The fraction of sp³-hybridized carbons (Fsp3) is 0.364. The highest BCUT2D eigenvalue weighted by Gasteiger charge is 2.16. The van der Waals surface area contributed by atoms with Crippen LogP contribution in [-0.4, -0.2) is 18.1 Å². The Kier molecular flexibility index (Phi) is 4.43. The second-order valence-electron chi connectivity index (χ2n) is 3.70. The molecule has 1 aromatic carbocycles. The van der Waals surface area contributed by atoms with E-state index in [0.29, 0.717) is 13.2 Å². The molecular weight excluding hydrogens is 222 g/mol. The summed E-state index contributed by atoms with van der Waals surface area (Å²) >= 11 is 0. The highest BCUT2D eigenvalue weighted by atomic mass is 16.6. The van der Waals surface area contributed by atoms with Crippen molar-refractivity contribution in [3.05, 3.63) is 33.9 Å². The summed E-state index contributed by atoms with van der Waals surface area (Å²) in [7, 11) is 0. The summed E-state index contributed by atoms with van der Waals surface area (Å²) < 4.78 is 5.32. The third-order valence-electron chi connectivity index (χ3n) is 2.21. The van der Waals surface area contributed by atoms with Gasteiger partial charge in [0, 0.05) is 12.0 Å². The zero-order chi connectivity index (χ0) is 12.8. The summed E-state index contributed by atoms with van der Waals surface area (Å²) in [6, 6.07) is 5.95. The Balaban J connectivity index is 2.92. The monoisotopic (exact) mass is 235 g/mol. The van der Waals surface area contributed by atoms with E-state index in [9.17, 15) is 10.1 Å². The van der Waals surface area contributed by atoms with Gasteiger partial charge in [0.05, 0.1) is 23.2 Å². The van der Waals surface area contributed by atoms with E-state index < -0.39 is 4.92 Å². The Morgan fingerprint density at radius 1 is 1.65 bits per heavy atom. The number of nitrogens with two attached hydrogens (primary N) is 1. The first-order valence-corrected chi connectivity index (χ1v) is 5.10. The van der Waals surface area contributed by atoms with Gasteiger partial charge in [0.2, 0.25) is 0 Å². The Labute approximate surface area is 98.8 Å². The number of nitro groups is 1. The molecule has 0 aliphatic heterocycles. The van der Waals surface area contributed by atoms with Gasteiger partial charge < -0.3 is 10.5 Å². The van der Waals surface area contributed by atoms with Crippen molar-refractivity contribution in [2.75, 3.05) is 13.2 Å². The summed E-state index contributed by atoms with van der Waals surface area (Å²) in [5.74, 6) is 0.277. The molecule has 90 valence electrons. The van der Waals surface area contributed by atoms with Gasteiger partial charge in [-0.05, 0) is 18.7 Å². The van der Waals surface area contributed by atoms with Crippen molar-refractivity contribution in [2.24, 2.45) is 11.7 Å². The number of nitro benzene ring substituents is 1. The lowest BCUT2D eigenvalue weighted by Crippen LogP contribution is -2.18. The van der Waals surface area contributed by atoms with Crippen molar-refractivity contribution >= 4 is 5.69 Å². The van der Waals surface area contributed by atoms with Crippen LogP contribution in [-0.2, 0) is 0 Å². The quantitative estimate of drug-likeness (QED) is 0.614. The first-order chi connectivity index (χ1) is 8.08. The van der Waals surface area contributed by atoms with Crippen molar-refractivity contribution < 1.29 is 9.66 Å². The molecule has 1 aromatic rings. The van der Waals surface area contributed by atoms with Gasteiger partial charge in [-0.15, -0.1) is 0 Å². The molecule has 1 atom stereocenters. The van der Waals surface area contributed by atoms with Crippen LogP contribution in [0.3, 0.4) is 0 Å². The Hall–Kier alpha value is -2.13. The fourth-order valence-electron chi connectivity index (χ4n) is 1.15. The van der Waals surface area contributed by atoms with E-state index in [2.05, 4.69) is 0 Å². The third-order valence-corrected chi connectivity index (χ3v) is 2.21. The zero-order valence-electron chi connectivity index (χ0n) is 9.42. The van der Waals surface area contributed by atoms with Crippen molar-refractivity contribution in [3.63, 3.8) is 0 Å². The Morgan fingerprint density at radius 3 is 2.88 bits per heavy atom. The van der Waals surface area contributed by atoms with Gasteiger partial charge in [-0.1, -0.05) is 6.92 Å². The van der Waals surface area contributed by atoms with E-state index >= 15 is 0 Å². The van der Waals surface area contributed by atoms with Crippen LogP contribution in [0.15, 0.2) is 18.2 Å². The molecule has 0 aromatic heterocycles. The molecule has 1 rings (SSSR count). The smallest absolute Gasteiger partial charge is 0.312 e. The summed E-state index contributed by atoms with van der Waals surface area (Å²) in [5.41, 5.74) is 5.45. The van der Waals surface area contributed by atoms with Crippen LogP contribution in [0.2, 0.25) is 0 Å². The summed E-state index contributed by atoms with van der Waals surface area (Å²) in [6.45, 7) is 2.64. The van der Waals surface area contributed by atoms with Crippen molar-refractivity contribution in [1.29, 1.82) is 5.26 Å². The van der Waals surface area contributed by atoms with Gasteiger partial charge in [0.1, 0.15) is 0 Å². The summed E-state index contributed by atoms with van der Waals surface area (Å²) in [4.78, 5) is 10.2. The van der Waals surface area contributed by atoms with E-state index in [4.69, 9.17) is 15.7 Å². The first kappa shape index (κ1) is 12.9. The van der Waals surface area contributed by atoms with Gasteiger partial charge in [-0.25, -0.2) is 0 Å². The predicted molar refractivity (Wildman–Crippen MR) is 61.5 cm³/mol. The Bertz CT molecular complexity index is 454. The van der Waals surface area contributed by atoms with Crippen LogP contribution in [0.4, 0.5) is 5.69 Å². The molecule has 2 N–H and O–H groups in total. The normalized spacial score (nSPS) is 11.6. The first-order valence-electron chi connectivity index (χ1n) is 5.10. The van der Waals surface area contributed by atoms with Gasteiger partial charge >= 0.3 is 5.69 Å². The highest BCUT2D eigenvalue weighted by molar-refractivity contribution is 5.51. The van der Waals surface area contributed by atoms with Crippen LogP contribution < -0.4 is 10.5 Å². The van der Waals surface area contributed by atoms with Crippen molar-refractivity contribution in [2.45, 2.75) is 6.92 Å². The molecule has 6 heteroatoms. The molecule has 0 spiro atoms. The van der Waals surface area contributed by atoms with Crippen LogP contribution in [0, 0.1) is 27.4 Å². The fourth-order valence-corrected chi connectivity index (χ4v) is 1.15. The van der Waals surface area contributed by atoms with Crippen LogP contribution >= 0.6 is 0 Å². The summed E-state index contributed by atoms with van der Waals surface area (Å²) in [5, 5.41) is 19.5. The molecule has 0 heterocycles. The molecular formula is C11H13N3O3. The zero-order valence-corrected chi connectivity index (χ0v) is 9.42. The average Bonchev–Trinajstić information content (AvgIpc) is 2.35. The van der Waals surface area contributed by atoms with Gasteiger partial charge in [-0.3, -0.25) is 10.1 Å². The van der Waals surface area contributed by atoms with Crippen LogP contribution in [0.25, 0.3) is 0 Å². The molecule has 0 aliphatic rings. The number of ether oxygens (including phenoxy) is 1. The maximum Gasteiger partial charge on any atom is 0.312 e. The molecule has 6 nitrogen and oxygen atoms in total. The molecule has 0 amide bonds. The number of hydrogen-bond donors (Lipinski definition) is 1.